The van der Waals surface area contributed by atoms with Crippen LogP contribution in [0.2, 0.25) is 0 Å². The molecule has 170 valence electrons. The van der Waals surface area contributed by atoms with E-state index in [1.54, 1.807) is 32.2 Å². The third-order valence-corrected chi connectivity index (χ3v) is 5.18. The van der Waals surface area contributed by atoms with Crippen molar-refractivity contribution in [2.45, 2.75) is 32.5 Å². The van der Waals surface area contributed by atoms with Crippen LogP contribution in [0.3, 0.4) is 0 Å². The number of amides is 1. The van der Waals surface area contributed by atoms with Crippen LogP contribution in [0.5, 0.6) is 0 Å². The van der Waals surface area contributed by atoms with Crippen molar-refractivity contribution in [2.75, 3.05) is 14.1 Å². The molecule has 0 aliphatic carbocycles. The zero-order valence-corrected chi connectivity index (χ0v) is 19.4. The molecule has 0 spiro atoms. The Morgan fingerprint density at radius 2 is 1.91 bits per heavy atom. The monoisotopic (exact) mass is 443 g/mol. The summed E-state index contributed by atoms with van der Waals surface area (Å²) in [4.78, 5) is 27.2. The van der Waals surface area contributed by atoms with E-state index in [1.807, 2.05) is 55.1 Å². The first-order chi connectivity index (χ1) is 15.7. The number of hydrogen-bond donors (Lipinski definition) is 2. The van der Waals surface area contributed by atoms with E-state index in [4.69, 9.17) is 0 Å². The van der Waals surface area contributed by atoms with Gasteiger partial charge >= 0.3 is 0 Å². The predicted molar refractivity (Wildman–Crippen MR) is 130 cm³/mol. The SMILES string of the molecule is CN(C)Cc1cccc(-c2cc(C(=O)/N=c3\[nH]c4ccccc4n3CC(C)(C)O)ccn2)c1. The first-order valence-electron chi connectivity index (χ1n) is 10.9. The quantitative estimate of drug-likeness (QED) is 0.477. The molecule has 0 unspecified atom stereocenters. The molecule has 0 aliphatic rings. The summed E-state index contributed by atoms with van der Waals surface area (Å²) in [6.07, 6.45) is 1.63. The van der Waals surface area contributed by atoms with Gasteiger partial charge in [-0.15, -0.1) is 0 Å². The van der Waals surface area contributed by atoms with E-state index in [0.717, 1.165) is 28.8 Å². The number of para-hydroxylation sites is 2. The highest BCUT2D eigenvalue weighted by molar-refractivity contribution is 5.95. The number of fused-ring (bicyclic) bond motifs is 1. The van der Waals surface area contributed by atoms with Crippen molar-refractivity contribution in [1.29, 1.82) is 0 Å². The highest BCUT2D eigenvalue weighted by Crippen LogP contribution is 2.20. The van der Waals surface area contributed by atoms with Gasteiger partial charge in [-0.3, -0.25) is 9.78 Å². The Bertz CT molecular complexity index is 1360. The fourth-order valence-electron chi connectivity index (χ4n) is 3.83. The summed E-state index contributed by atoms with van der Waals surface area (Å²) < 4.78 is 1.83. The molecule has 4 rings (SSSR count). The minimum Gasteiger partial charge on any atom is -0.389 e. The van der Waals surface area contributed by atoms with Crippen LogP contribution in [0.25, 0.3) is 22.3 Å². The lowest BCUT2D eigenvalue weighted by Gasteiger charge is -2.18. The summed E-state index contributed by atoms with van der Waals surface area (Å²) in [6, 6.07) is 19.3. The maximum absolute atomic E-state index is 13.1. The molecular weight excluding hydrogens is 414 g/mol. The minimum atomic E-state index is -0.968. The summed E-state index contributed by atoms with van der Waals surface area (Å²) >= 11 is 0. The number of aromatic nitrogens is 3. The van der Waals surface area contributed by atoms with Gasteiger partial charge in [-0.05, 0) is 63.8 Å². The number of rotatable bonds is 6. The molecule has 0 saturated heterocycles. The van der Waals surface area contributed by atoms with Gasteiger partial charge in [0.05, 0.1) is 28.9 Å². The second-order valence-electron chi connectivity index (χ2n) is 9.15. The number of H-pyrrole nitrogens is 1. The zero-order valence-electron chi connectivity index (χ0n) is 19.4. The Morgan fingerprint density at radius 3 is 2.67 bits per heavy atom. The molecule has 2 aromatic carbocycles. The molecule has 2 heterocycles. The van der Waals surface area contributed by atoms with Crippen molar-refractivity contribution in [3.8, 4) is 11.3 Å². The molecule has 7 nitrogen and oxygen atoms in total. The second-order valence-corrected chi connectivity index (χ2v) is 9.15. The molecule has 0 saturated carbocycles. The van der Waals surface area contributed by atoms with E-state index >= 15 is 0 Å². The number of hydrogen-bond acceptors (Lipinski definition) is 4. The Labute approximate surface area is 193 Å². The number of imidazole rings is 1. The van der Waals surface area contributed by atoms with Crippen molar-refractivity contribution >= 4 is 16.9 Å². The largest absolute Gasteiger partial charge is 0.389 e. The van der Waals surface area contributed by atoms with Gasteiger partial charge in [0.25, 0.3) is 5.91 Å². The molecule has 2 aromatic heterocycles. The van der Waals surface area contributed by atoms with E-state index in [0.29, 0.717) is 17.7 Å². The van der Waals surface area contributed by atoms with E-state index < -0.39 is 5.60 Å². The summed E-state index contributed by atoms with van der Waals surface area (Å²) in [5.74, 6) is -0.376. The maximum atomic E-state index is 13.1. The molecule has 7 heteroatoms. The number of nitrogens with one attached hydrogen (secondary N) is 1. The molecule has 33 heavy (non-hydrogen) atoms. The molecule has 0 fully saturated rings. The number of carbonyl (C=O) groups is 1. The van der Waals surface area contributed by atoms with Crippen LogP contribution >= 0.6 is 0 Å². The van der Waals surface area contributed by atoms with Crippen molar-refractivity contribution in [2.24, 2.45) is 4.99 Å². The fraction of sp³-hybridized carbons (Fsp3) is 0.269. The summed E-state index contributed by atoms with van der Waals surface area (Å²) in [5, 5.41) is 10.4. The normalized spacial score (nSPS) is 12.6. The number of aromatic amines is 1. The van der Waals surface area contributed by atoms with Crippen molar-refractivity contribution < 1.29 is 9.90 Å². The fourth-order valence-corrected chi connectivity index (χ4v) is 3.83. The molecule has 0 aliphatic heterocycles. The molecule has 2 N–H and O–H groups in total. The molecule has 0 bridgehead atoms. The van der Waals surface area contributed by atoms with E-state index in [9.17, 15) is 9.90 Å². The average molecular weight is 444 g/mol. The van der Waals surface area contributed by atoms with Gasteiger partial charge < -0.3 is 19.6 Å². The lowest BCUT2D eigenvalue weighted by molar-refractivity contribution is 0.0612. The van der Waals surface area contributed by atoms with Crippen molar-refractivity contribution in [1.82, 2.24) is 19.4 Å². The van der Waals surface area contributed by atoms with E-state index in [2.05, 4.69) is 32.0 Å². The van der Waals surface area contributed by atoms with Crippen LogP contribution in [0, 0.1) is 0 Å². The van der Waals surface area contributed by atoms with Crippen LogP contribution in [-0.2, 0) is 13.1 Å². The Balaban J connectivity index is 1.72. The lowest BCUT2D eigenvalue weighted by Crippen LogP contribution is -2.32. The van der Waals surface area contributed by atoms with Gasteiger partial charge in [0, 0.05) is 23.9 Å². The Hall–Kier alpha value is -3.55. The molecule has 0 atom stereocenters. The first kappa shape index (κ1) is 22.6. The van der Waals surface area contributed by atoms with Gasteiger partial charge in [0.1, 0.15) is 0 Å². The Kier molecular flexibility index (Phi) is 6.26. The van der Waals surface area contributed by atoms with E-state index in [-0.39, 0.29) is 5.91 Å². The summed E-state index contributed by atoms with van der Waals surface area (Å²) in [7, 11) is 4.06. The Morgan fingerprint density at radius 1 is 1.12 bits per heavy atom. The second kappa shape index (κ2) is 9.13. The van der Waals surface area contributed by atoms with Crippen LogP contribution in [-0.4, -0.2) is 50.1 Å². The summed E-state index contributed by atoms with van der Waals surface area (Å²) in [6.45, 7) is 4.58. The lowest BCUT2D eigenvalue weighted by atomic mass is 10.1. The maximum Gasteiger partial charge on any atom is 0.280 e. The molecule has 1 amide bonds. The minimum absolute atomic E-state index is 0.295. The zero-order chi connectivity index (χ0) is 23.6. The van der Waals surface area contributed by atoms with Crippen LogP contribution < -0.4 is 5.62 Å². The van der Waals surface area contributed by atoms with Crippen LogP contribution in [0.15, 0.2) is 71.9 Å². The van der Waals surface area contributed by atoms with Gasteiger partial charge in [-0.25, -0.2) is 0 Å². The number of pyridine rings is 1. The number of benzene rings is 2. The van der Waals surface area contributed by atoms with Gasteiger partial charge in [0.2, 0.25) is 5.62 Å². The number of nitrogens with zero attached hydrogens (tertiary/aromatic N) is 4. The van der Waals surface area contributed by atoms with Gasteiger partial charge in [-0.1, -0.05) is 30.3 Å². The highest BCUT2D eigenvalue weighted by Gasteiger charge is 2.17. The van der Waals surface area contributed by atoms with Crippen molar-refractivity contribution in [3.63, 3.8) is 0 Å². The molecular formula is C26H29N5O2. The third-order valence-electron chi connectivity index (χ3n) is 5.18. The smallest absolute Gasteiger partial charge is 0.280 e. The van der Waals surface area contributed by atoms with Gasteiger partial charge in [-0.2, -0.15) is 4.99 Å². The number of carbonyl (C=O) groups excluding carboxylic acids is 1. The standard InChI is InChI=1S/C26H29N5O2/c1-26(2,33)17-31-23-11-6-5-10-21(23)28-25(31)29-24(32)20-12-13-27-22(15-20)19-9-7-8-18(14-19)16-30(3)4/h5-15,33H,16-17H2,1-4H3,(H,28,29,32). The average Bonchev–Trinajstić information content (AvgIpc) is 3.09. The van der Waals surface area contributed by atoms with Crippen LogP contribution in [0.1, 0.15) is 29.8 Å². The van der Waals surface area contributed by atoms with Gasteiger partial charge in [0.15, 0.2) is 0 Å². The highest BCUT2D eigenvalue weighted by atomic mass is 16.3. The first-order valence-corrected chi connectivity index (χ1v) is 10.9. The molecule has 0 radical (unpaired) electrons. The third kappa shape index (κ3) is 5.45. The number of aliphatic hydroxyl groups is 1. The van der Waals surface area contributed by atoms with Crippen LogP contribution in [0.4, 0.5) is 0 Å². The summed E-state index contributed by atoms with van der Waals surface area (Å²) in [5.41, 5.74) is 4.45. The predicted octanol–water partition coefficient (Wildman–Crippen LogP) is 3.61. The van der Waals surface area contributed by atoms with Crippen molar-refractivity contribution in [3.05, 3.63) is 83.6 Å². The topological polar surface area (TPSA) is 86.5 Å². The van der Waals surface area contributed by atoms with E-state index in [1.165, 1.54) is 5.56 Å². The molecule has 4 aromatic rings.